The van der Waals surface area contributed by atoms with Crippen LogP contribution in [-0.4, -0.2) is 85.1 Å². The summed E-state index contributed by atoms with van der Waals surface area (Å²) in [5, 5.41) is 6.43. The van der Waals surface area contributed by atoms with Crippen molar-refractivity contribution in [3.8, 4) is 0 Å². The number of sulfonamides is 1. The third kappa shape index (κ3) is 9.03. The third-order valence-corrected chi connectivity index (χ3v) is 5.99. The molecule has 10 heteroatoms. The normalized spacial score (nSPS) is 12.2. The average Bonchev–Trinajstić information content (AvgIpc) is 2.64. The second kappa shape index (κ2) is 14.1. The molecule has 0 bridgehead atoms. The quantitative estimate of drug-likeness (QED) is 0.195. The first-order chi connectivity index (χ1) is 12.8. The van der Waals surface area contributed by atoms with Crippen LogP contribution >= 0.6 is 24.0 Å². The molecule has 0 atom stereocenters. The molecule has 162 valence electrons. The van der Waals surface area contributed by atoms with Gasteiger partial charge in [0.15, 0.2) is 5.96 Å². The summed E-state index contributed by atoms with van der Waals surface area (Å²) in [6, 6.07) is 6.99. The Morgan fingerprint density at radius 2 is 1.82 bits per heavy atom. The van der Waals surface area contributed by atoms with E-state index in [9.17, 15) is 8.42 Å². The Balaban J connectivity index is 0.00000729. The van der Waals surface area contributed by atoms with Crippen LogP contribution in [0, 0.1) is 0 Å². The summed E-state index contributed by atoms with van der Waals surface area (Å²) in [5.74, 6) is 0.636. The van der Waals surface area contributed by atoms with Crippen molar-refractivity contribution >= 4 is 40.0 Å². The van der Waals surface area contributed by atoms with Gasteiger partial charge in [-0.05, 0) is 25.1 Å². The zero-order chi connectivity index (χ0) is 20.3. The molecular formula is C18H34IN5O3S. The number of methoxy groups -OCH3 is 1. The zero-order valence-corrected chi connectivity index (χ0v) is 20.6. The van der Waals surface area contributed by atoms with Crippen LogP contribution in [0.1, 0.15) is 12.0 Å². The van der Waals surface area contributed by atoms with E-state index in [-0.39, 0.29) is 24.0 Å². The fourth-order valence-corrected chi connectivity index (χ4v) is 3.57. The Morgan fingerprint density at radius 1 is 1.14 bits per heavy atom. The van der Waals surface area contributed by atoms with E-state index in [4.69, 9.17) is 4.74 Å². The second-order valence-electron chi connectivity index (χ2n) is 6.40. The average molecular weight is 527 g/mol. The van der Waals surface area contributed by atoms with Gasteiger partial charge in [0.05, 0.1) is 4.90 Å². The van der Waals surface area contributed by atoms with Crippen molar-refractivity contribution in [2.45, 2.75) is 17.9 Å². The first-order valence-electron chi connectivity index (χ1n) is 8.95. The van der Waals surface area contributed by atoms with E-state index >= 15 is 0 Å². The fraction of sp³-hybridized carbons (Fsp3) is 0.611. The van der Waals surface area contributed by atoms with E-state index in [2.05, 4.69) is 27.6 Å². The molecule has 0 aromatic heterocycles. The SMILES string of the molecule is CN=C(NCCN(C)CCCOC)NCc1ccccc1S(=O)(=O)N(C)C.I. The molecule has 0 fully saturated rings. The molecule has 1 aromatic carbocycles. The number of benzene rings is 1. The molecule has 0 aliphatic carbocycles. The molecule has 0 unspecified atom stereocenters. The fourth-order valence-electron chi connectivity index (χ4n) is 2.45. The number of hydrogen-bond acceptors (Lipinski definition) is 5. The minimum absolute atomic E-state index is 0. The monoisotopic (exact) mass is 527 g/mol. The number of rotatable bonds is 11. The van der Waals surface area contributed by atoms with Gasteiger partial charge in [-0.25, -0.2) is 12.7 Å². The number of likely N-dealkylation sites (N-methyl/N-ethyl adjacent to an activating group) is 1. The number of hydrogen-bond donors (Lipinski definition) is 2. The minimum atomic E-state index is -3.49. The molecule has 0 spiro atoms. The molecule has 0 aliphatic rings. The van der Waals surface area contributed by atoms with E-state index in [1.54, 1.807) is 32.4 Å². The van der Waals surface area contributed by atoms with Crippen molar-refractivity contribution in [2.75, 3.05) is 61.5 Å². The molecule has 2 N–H and O–H groups in total. The number of nitrogens with one attached hydrogen (secondary N) is 2. The highest BCUT2D eigenvalue weighted by molar-refractivity contribution is 14.0. The summed E-state index contributed by atoms with van der Waals surface area (Å²) >= 11 is 0. The molecule has 0 heterocycles. The number of guanidine groups is 1. The van der Waals surface area contributed by atoms with Crippen molar-refractivity contribution < 1.29 is 13.2 Å². The maximum absolute atomic E-state index is 12.5. The molecule has 0 saturated heterocycles. The van der Waals surface area contributed by atoms with Crippen LogP contribution in [0.4, 0.5) is 0 Å². The van der Waals surface area contributed by atoms with E-state index < -0.39 is 10.0 Å². The van der Waals surface area contributed by atoms with Crippen molar-refractivity contribution in [1.29, 1.82) is 0 Å². The van der Waals surface area contributed by atoms with Gasteiger partial charge >= 0.3 is 0 Å². The number of nitrogens with zero attached hydrogens (tertiary/aromatic N) is 3. The van der Waals surface area contributed by atoms with Crippen LogP contribution in [0.2, 0.25) is 0 Å². The summed E-state index contributed by atoms with van der Waals surface area (Å²) in [6.07, 6.45) is 0.997. The smallest absolute Gasteiger partial charge is 0.242 e. The third-order valence-electron chi connectivity index (χ3n) is 4.08. The Labute approximate surface area is 186 Å². The topological polar surface area (TPSA) is 86.3 Å². The summed E-state index contributed by atoms with van der Waals surface area (Å²) in [4.78, 5) is 6.72. The predicted octanol–water partition coefficient (Wildman–Crippen LogP) is 1.19. The molecule has 0 amide bonds. The Hall–Kier alpha value is -0.950. The Kier molecular flexibility index (Phi) is 13.6. The summed E-state index contributed by atoms with van der Waals surface area (Å²) in [7, 11) is 5.04. The van der Waals surface area contributed by atoms with Crippen molar-refractivity contribution in [1.82, 2.24) is 19.8 Å². The van der Waals surface area contributed by atoms with Gasteiger partial charge in [-0.2, -0.15) is 0 Å². The summed E-state index contributed by atoms with van der Waals surface area (Å²) in [6.45, 7) is 3.71. The first kappa shape index (κ1) is 27.0. The summed E-state index contributed by atoms with van der Waals surface area (Å²) in [5.41, 5.74) is 0.700. The van der Waals surface area contributed by atoms with Gasteiger partial charge in [0.2, 0.25) is 10.0 Å². The lowest BCUT2D eigenvalue weighted by atomic mass is 10.2. The molecule has 28 heavy (non-hydrogen) atoms. The van der Waals surface area contributed by atoms with E-state index in [0.717, 1.165) is 32.7 Å². The number of ether oxygens (including phenoxy) is 1. The number of halogens is 1. The summed E-state index contributed by atoms with van der Waals surface area (Å²) < 4.78 is 31.2. The molecule has 1 rings (SSSR count). The lowest BCUT2D eigenvalue weighted by Gasteiger charge is -2.19. The van der Waals surface area contributed by atoms with Crippen molar-refractivity contribution in [3.63, 3.8) is 0 Å². The van der Waals surface area contributed by atoms with Crippen LogP contribution in [0.15, 0.2) is 34.2 Å². The van der Waals surface area contributed by atoms with Crippen LogP contribution in [0.25, 0.3) is 0 Å². The van der Waals surface area contributed by atoms with Crippen LogP contribution in [-0.2, 0) is 21.3 Å². The van der Waals surface area contributed by atoms with Gasteiger partial charge in [-0.1, -0.05) is 18.2 Å². The Bertz CT molecular complexity index is 698. The van der Waals surface area contributed by atoms with Crippen LogP contribution in [0.3, 0.4) is 0 Å². The van der Waals surface area contributed by atoms with Gasteiger partial charge in [0.1, 0.15) is 0 Å². The van der Waals surface area contributed by atoms with Crippen molar-refractivity contribution in [3.05, 3.63) is 29.8 Å². The Morgan fingerprint density at radius 3 is 2.43 bits per heavy atom. The van der Waals surface area contributed by atoms with Crippen molar-refractivity contribution in [2.24, 2.45) is 4.99 Å². The molecule has 8 nitrogen and oxygen atoms in total. The molecule has 0 radical (unpaired) electrons. The van der Waals surface area contributed by atoms with E-state index in [1.165, 1.54) is 18.4 Å². The predicted molar refractivity (Wildman–Crippen MR) is 125 cm³/mol. The first-order valence-corrected chi connectivity index (χ1v) is 10.4. The molecule has 1 aromatic rings. The largest absolute Gasteiger partial charge is 0.385 e. The lowest BCUT2D eigenvalue weighted by Crippen LogP contribution is -2.41. The van der Waals surface area contributed by atoms with Gasteiger partial charge in [-0.15, -0.1) is 24.0 Å². The van der Waals surface area contributed by atoms with Gasteiger partial charge in [0, 0.05) is 61.0 Å². The van der Waals surface area contributed by atoms with E-state index in [1.807, 2.05) is 6.07 Å². The number of aliphatic imine (C=N–C) groups is 1. The highest BCUT2D eigenvalue weighted by Gasteiger charge is 2.20. The molecule has 0 aliphatic heterocycles. The second-order valence-corrected chi connectivity index (χ2v) is 8.52. The lowest BCUT2D eigenvalue weighted by molar-refractivity contribution is 0.180. The highest BCUT2D eigenvalue weighted by Crippen LogP contribution is 2.18. The van der Waals surface area contributed by atoms with Crippen LogP contribution < -0.4 is 10.6 Å². The van der Waals surface area contributed by atoms with Gasteiger partial charge in [-0.3, -0.25) is 4.99 Å². The van der Waals surface area contributed by atoms with Crippen LogP contribution in [0.5, 0.6) is 0 Å². The van der Waals surface area contributed by atoms with Gasteiger partial charge in [0.25, 0.3) is 0 Å². The van der Waals surface area contributed by atoms with Gasteiger partial charge < -0.3 is 20.3 Å². The van der Waals surface area contributed by atoms with E-state index in [0.29, 0.717) is 23.0 Å². The standard InChI is InChI=1S/C18H33N5O3S.HI/c1-19-18(20-11-13-23(4)12-8-14-26-5)21-15-16-9-6-7-10-17(16)27(24,25)22(2)3;/h6-7,9-10H,8,11-15H2,1-5H3,(H2,19,20,21);1H. The maximum atomic E-state index is 12.5. The highest BCUT2D eigenvalue weighted by atomic mass is 127. The maximum Gasteiger partial charge on any atom is 0.242 e. The minimum Gasteiger partial charge on any atom is -0.385 e. The zero-order valence-electron chi connectivity index (χ0n) is 17.4. The molecule has 0 saturated carbocycles. The molecular weight excluding hydrogens is 493 g/mol.